The number of benzene rings is 1. The summed E-state index contributed by atoms with van der Waals surface area (Å²) in [7, 11) is 1.38. The maximum absolute atomic E-state index is 12.5. The van der Waals surface area contributed by atoms with Crippen molar-refractivity contribution < 1.29 is 19.4 Å². The van der Waals surface area contributed by atoms with Gasteiger partial charge < -0.3 is 15.2 Å². The minimum absolute atomic E-state index is 0.0386. The van der Waals surface area contributed by atoms with E-state index in [2.05, 4.69) is 10.4 Å². The third-order valence-electron chi connectivity index (χ3n) is 3.60. The molecule has 1 aromatic carbocycles. The van der Waals surface area contributed by atoms with Crippen molar-refractivity contribution in [2.75, 3.05) is 12.4 Å². The summed E-state index contributed by atoms with van der Waals surface area (Å²) < 4.78 is 6.82. The number of rotatable bonds is 5. The number of carbonyl (C=O) groups is 2. The van der Waals surface area contributed by atoms with Crippen LogP contribution in [0.5, 0.6) is 5.75 Å². The molecule has 0 fully saturated rings. The first kappa shape index (κ1) is 16.5. The number of nitrogens with one attached hydrogen (secondary N) is 1. The fourth-order valence-electron chi connectivity index (χ4n) is 2.47. The molecule has 1 aromatic heterocycles. The molecule has 7 heteroatoms. The van der Waals surface area contributed by atoms with Crippen LogP contribution in [-0.4, -0.2) is 33.9 Å². The van der Waals surface area contributed by atoms with Crippen LogP contribution in [0.4, 0.5) is 5.69 Å². The van der Waals surface area contributed by atoms with Gasteiger partial charge in [-0.15, -0.1) is 0 Å². The van der Waals surface area contributed by atoms with Crippen LogP contribution in [0.2, 0.25) is 0 Å². The number of anilines is 1. The molecule has 0 spiro atoms. The molecule has 0 aliphatic heterocycles. The molecule has 0 aliphatic rings. The molecule has 0 atom stereocenters. The standard InChI is InChI=1S/C16H19N3O4/c1-5-19-10(3)14(9(2)18-19)15(20)17-11-6-7-12(16(21)22)13(8-11)23-4/h6-8H,5H2,1-4H3,(H,17,20)(H,21,22). The summed E-state index contributed by atoms with van der Waals surface area (Å²) >= 11 is 0. The number of ether oxygens (including phenoxy) is 1. The predicted molar refractivity (Wildman–Crippen MR) is 85.3 cm³/mol. The van der Waals surface area contributed by atoms with E-state index in [1.165, 1.54) is 25.3 Å². The maximum atomic E-state index is 12.5. The quantitative estimate of drug-likeness (QED) is 0.883. The van der Waals surface area contributed by atoms with E-state index in [9.17, 15) is 9.59 Å². The second-order valence-electron chi connectivity index (χ2n) is 5.04. The van der Waals surface area contributed by atoms with E-state index in [-0.39, 0.29) is 17.2 Å². The molecular formula is C16H19N3O4. The van der Waals surface area contributed by atoms with Gasteiger partial charge in [-0.05, 0) is 32.9 Å². The summed E-state index contributed by atoms with van der Waals surface area (Å²) in [5, 5.41) is 16.1. The van der Waals surface area contributed by atoms with Gasteiger partial charge in [0, 0.05) is 24.0 Å². The van der Waals surface area contributed by atoms with Gasteiger partial charge in [0.25, 0.3) is 5.91 Å². The van der Waals surface area contributed by atoms with Gasteiger partial charge in [-0.3, -0.25) is 9.48 Å². The van der Waals surface area contributed by atoms with Crippen LogP contribution in [0.15, 0.2) is 18.2 Å². The van der Waals surface area contributed by atoms with Crippen molar-refractivity contribution in [1.82, 2.24) is 9.78 Å². The molecule has 2 rings (SSSR count). The number of carbonyl (C=O) groups excluding carboxylic acids is 1. The molecule has 1 amide bonds. The summed E-state index contributed by atoms with van der Waals surface area (Å²) in [4.78, 5) is 23.6. The van der Waals surface area contributed by atoms with Crippen molar-refractivity contribution in [1.29, 1.82) is 0 Å². The fraction of sp³-hybridized carbons (Fsp3) is 0.312. The van der Waals surface area contributed by atoms with Crippen molar-refractivity contribution in [3.05, 3.63) is 40.7 Å². The molecule has 7 nitrogen and oxygen atoms in total. The van der Waals surface area contributed by atoms with Crippen LogP contribution in [0.25, 0.3) is 0 Å². The molecule has 0 radical (unpaired) electrons. The molecule has 0 aliphatic carbocycles. The Kier molecular flexibility index (Phi) is 4.68. The van der Waals surface area contributed by atoms with Crippen LogP contribution in [0, 0.1) is 13.8 Å². The van der Waals surface area contributed by atoms with Crippen LogP contribution in [0.1, 0.15) is 39.0 Å². The van der Waals surface area contributed by atoms with Gasteiger partial charge >= 0.3 is 5.97 Å². The van der Waals surface area contributed by atoms with Gasteiger partial charge in [0.2, 0.25) is 0 Å². The van der Waals surface area contributed by atoms with Gasteiger partial charge in [0.15, 0.2) is 0 Å². The Hall–Kier alpha value is -2.83. The molecule has 0 unspecified atom stereocenters. The minimum Gasteiger partial charge on any atom is -0.496 e. The zero-order valence-electron chi connectivity index (χ0n) is 13.5. The lowest BCUT2D eigenvalue weighted by molar-refractivity contribution is 0.0693. The van der Waals surface area contributed by atoms with Gasteiger partial charge in [0.1, 0.15) is 11.3 Å². The van der Waals surface area contributed by atoms with E-state index in [1.54, 1.807) is 11.6 Å². The maximum Gasteiger partial charge on any atom is 0.339 e. The highest BCUT2D eigenvalue weighted by molar-refractivity contribution is 6.06. The number of carboxylic acids is 1. The molecule has 0 saturated carbocycles. The Morgan fingerprint density at radius 2 is 2.04 bits per heavy atom. The Morgan fingerprint density at radius 1 is 1.35 bits per heavy atom. The number of aryl methyl sites for hydroxylation is 2. The third-order valence-corrected chi connectivity index (χ3v) is 3.60. The van der Waals surface area contributed by atoms with E-state index in [1.807, 2.05) is 13.8 Å². The second kappa shape index (κ2) is 6.51. The number of aromatic nitrogens is 2. The van der Waals surface area contributed by atoms with Gasteiger partial charge in [-0.2, -0.15) is 5.10 Å². The van der Waals surface area contributed by atoms with Crippen molar-refractivity contribution in [3.63, 3.8) is 0 Å². The van der Waals surface area contributed by atoms with Crippen molar-refractivity contribution in [3.8, 4) is 5.75 Å². The molecule has 2 N–H and O–H groups in total. The zero-order valence-corrected chi connectivity index (χ0v) is 13.5. The van der Waals surface area contributed by atoms with E-state index >= 15 is 0 Å². The number of hydrogen-bond donors (Lipinski definition) is 2. The normalized spacial score (nSPS) is 10.4. The predicted octanol–water partition coefficient (Wildman–Crippen LogP) is 2.48. The van der Waals surface area contributed by atoms with E-state index in [0.29, 0.717) is 23.5 Å². The molecular weight excluding hydrogens is 298 g/mol. The monoisotopic (exact) mass is 317 g/mol. The largest absolute Gasteiger partial charge is 0.496 e. The van der Waals surface area contributed by atoms with Crippen LogP contribution in [-0.2, 0) is 6.54 Å². The summed E-state index contributed by atoms with van der Waals surface area (Å²) in [5.74, 6) is -1.19. The lowest BCUT2D eigenvalue weighted by atomic mass is 10.1. The van der Waals surface area contributed by atoms with Crippen molar-refractivity contribution in [2.24, 2.45) is 0 Å². The van der Waals surface area contributed by atoms with Gasteiger partial charge in [-0.25, -0.2) is 4.79 Å². The Morgan fingerprint density at radius 3 is 2.57 bits per heavy atom. The van der Waals surface area contributed by atoms with E-state index < -0.39 is 5.97 Å². The first-order valence-corrected chi connectivity index (χ1v) is 7.15. The van der Waals surface area contributed by atoms with Crippen molar-refractivity contribution >= 4 is 17.6 Å². The summed E-state index contributed by atoms with van der Waals surface area (Å²) in [6.07, 6.45) is 0. The third kappa shape index (κ3) is 3.18. The summed E-state index contributed by atoms with van der Waals surface area (Å²) in [6.45, 7) is 6.26. The summed E-state index contributed by atoms with van der Waals surface area (Å²) in [5.41, 5.74) is 2.46. The lowest BCUT2D eigenvalue weighted by Crippen LogP contribution is -2.14. The minimum atomic E-state index is -1.09. The van der Waals surface area contributed by atoms with Gasteiger partial charge in [-0.1, -0.05) is 0 Å². The highest BCUT2D eigenvalue weighted by atomic mass is 16.5. The number of methoxy groups -OCH3 is 1. The zero-order chi connectivity index (χ0) is 17.1. The van der Waals surface area contributed by atoms with Gasteiger partial charge in [0.05, 0.1) is 18.4 Å². The highest BCUT2D eigenvalue weighted by Crippen LogP contribution is 2.24. The second-order valence-corrected chi connectivity index (χ2v) is 5.04. The number of hydrogen-bond acceptors (Lipinski definition) is 4. The average Bonchev–Trinajstić information content (AvgIpc) is 2.80. The highest BCUT2D eigenvalue weighted by Gasteiger charge is 2.19. The number of amides is 1. The smallest absolute Gasteiger partial charge is 0.339 e. The van der Waals surface area contributed by atoms with Crippen LogP contribution < -0.4 is 10.1 Å². The fourth-order valence-corrected chi connectivity index (χ4v) is 2.47. The first-order valence-electron chi connectivity index (χ1n) is 7.15. The van der Waals surface area contributed by atoms with E-state index in [4.69, 9.17) is 9.84 Å². The number of carboxylic acid groups (broad SMARTS) is 1. The Bertz CT molecular complexity index is 765. The number of nitrogens with zero attached hydrogens (tertiary/aromatic N) is 2. The van der Waals surface area contributed by atoms with Crippen LogP contribution in [0.3, 0.4) is 0 Å². The lowest BCUT2D eigenvalue weighted by Gasteiger charge is -2.09. The SMILES string of the molecule is CCn1nc(C)c(C(=O)Nc2ccc(C(=O)O)c(OC)c2)c1C. The Balaban J connectivity index is 2.31. The summed E-state index contributed by atoms with van der Waals surface area (Å²) in [6, 6.07) is 4.40. The first-order chi connectivity index (χ1) is 10.9. The molecule has 1 heterocycles. The average molecular weight is 317 g/mol. The van der Waals surface area contributed by atoms with Crippen LogP contribution >= 0.6 is 0 Å². The van der Waals surface area contributed by atoms with Crippen molar-refractivity contribution in [2.45, 2.75) is 27.3 Å². The topological polar surface area (TPSA) is 93.5 Å². The number of aromatic carboxylic acids is 1. The molecule has 122 valence electrons. The molecule has 0 bridgehead atoms. The Labute approximate surface area is 133 Å². The molecule has 0 saturated heterocycles. The van der Waals surface area contributed by atoms with E-state index in [0.717, 1.165) is 5.69 Å². The molecule has 23 heavy (non-hydrogen) atoms. The molecule has 2 aromatic rings.